The summed E-state index contributed by atoms with van der Waals surface area (Å²) in [5.74, 6) is 0.326. The highest BCUT2D eigenvalue weighted by atomic mass is 16.3. The van der Waals surface area contributed by atoms with E-state index in [9.17, 15) is 10.2 Å². The summed E-state index contributed by atoms with van der Waals surface area (Å²) in [6.07, 6.45) is 8.42. The number of hydrogen-bond acceptors (Lipinski definition) is 2. The summed E-state index contributed by atoms with van der Waals surface area (Å²) in [6.45, 7) is 10.4. The van der Waals surface area contributed by atoms with Crippen LogP contribution in [0.5, 0.6) is 11.5 Å². The number of unbranched alkanes of at least 4 members (excludes halogenated alkanes) is 2. The van der Waals surface area contributed by atoms with E-state index in [2.05, 4.69) is 26.5 Å². The molecular weight excluding hydrogens is 284 g/mol. The molecule has 0 saturated heterocycles. The van der Waals surface area contributed by atoms with Gasteiger partial charge in [-0.05, 0) is 62.6 Å². The maximum Gasteiger partial charge on any atom is 0.119 e. The minimum Gasteiger partial charge on any atom is -0.872 e. The van der Waals surface area contributed by atoms with Crippen molar-refractivity contribution in [1.82, 2.24) is 0 Å². The van der Waals surface area contributed by atoms with Gasteiger partial charge in [0.1, 0.15) is 5.75 Å². The molecule has 0 amide bonds. The molecule has 1 aromatic rings. The Bertz CT molecular complexity index is 575. The molecular formula is C21H29O2-. The first-order chi connectivity index (χ1) is 10.9. The molecule has 1 aliphatic carbocycles. The molecule has 0 heterocycles. The van der Waals surface area contributed by atoms with Gasteiger partial charge in [-0.15, -0.1) is 5.75 Å². The molecule has 0 radical (unpaired) electrons. The number of allylic oxidation sites excluding steroid dienone is 3. The third kappa shape index (κ3) is 4.19. The van der Waals surface area contributed by atoms with Crippen LogP contribution in [0, 0.1) is 5.92 Å². The normalized spacial score (nSPS) is 21.1. The topological polar surface area (TPSA) is 43.3 Å². The van der Waals surface area contributed by atoms with E-state index in [4.69, 9.17) is 0 Å². The molecule has 1 aliphatic rings. The predicted octanol–water partition coefficient (Wildman–Crippen LogP) is 5.21. The number of hydrogen-bond donors (Lipinski definition) is 1. The quantitative estimate of drug-likeness (QED) is 0.578. The van der Waals surface area contributed by atoms with Gasteiger partial charge in [-0.2, -0.15) is 0 Å². The lowest BCUT2D eigenvalue weighted by atomic mass is 9.73. The molecule has 1 N–H and O–H groups in total. The number of phenols is 1. The van der Waals surface area contributed by atoms with E-state index < -0.39 is 0 Å². The molecule has 0 aromatic heterocycles. The van der Waals surface area contributed by atoms with Crippen LogP contribution in [-0.4, -0.2) is 5.11 Å². The molecule has 2 heteroatoms. The summed E-state index contributed by atoms with van der Waals surface area (Å²) in [7, 11) is 0. The Morgan fingerprint density at radius 2 is 2.09 bits per heavy atom. The van der Waals surface area contributed by atoms with E-state index in [1.807, 2.05) is 6.92 Å². The Labute approximate surface area is 140 Å². The van der Waals surface area contributed by atoms with Crippen molar-refractivity contribution in [3.8, 4) is 11.5 Å². The van der Waals surface area contributed by atoms with Gasteiger partial charge >= 0.3 is 0 Å². The minimum absolute atomic E-state index is 0.0290. The highest BCUT2D eigenvalue weighted by molar-refractivity contribution is 5.51. The summed E-state index contributed by atoms with van der Waals surface area (Å²) in [5, 5.41) is 23.2. The van der Waals surface area contributed by atoms with Crippen molar-refractivity contribution in [2.75, 3.05) is 0 Å². The maximum atomic E-state index is 12.6. The molecule has 0 saturated carbocycles. The van der Waals surface area contributed by atoms with Crippen LogP contribution in [0.15, 0.2) is 35.9 Å². The van der Waals surface area contributed by atoms with Crippen LogP contribution in [0.25, 0.3) is 0 Å². The van der Waals surface area contributed by atoms with Crippen molar-refractivity contribution in [3.05, 3.63) is 47.1 Å². The second-order valence-electron chi connectivity index (χ2n) is 7.01. The predicted molar refractivity (Wildman–Crippen MR) is 94.8 cm³/mol. The fourth-order valence-corrected chi connectivity index (χ4v) is 3.63. The zero-order chi connectivity index (χ0) is 17.0. The van der Waals surface area contributed by atoms with Crippen molar-refractivity contribution in [2.24, 2.45) is 5.92 Å². The van der Waals surface area contributed by atoms with Crippen LogP contribution in [0.4, 0.5) is 0 Å². The molecule has 1 aromatic carbocycles. The first-order valence-electron chi connectivity index (χ1n) is 8.79. The molecule has 2 rings (SSSR count). The average molecular weight is 313 g/mol. The first kappa shape index (κ1) is 17.7. The van der Waals surface area contributed by atoms with E-state index in [1.54, 1.807) is 12.1 Å². The zero-order valence-corrected chi connectivity index (χ0v) is 14.7. The Hall–Kier alpha value is -1.70. The Morgan fingerprint density at radius 1 is 1.35 bits per heavy atom. The van der Waals surface area contributed by atoms with Crippen LogP contribution < -0.4 is 5.11 Å². The minimum atomic E-state index is -0.0431. The summed E-state index contributed by atoms with van der Waals surface area (Å²) in [4.78, 5) is 0. The number of phenolic OH excluding ortho intramolecular Hbond substituents is 1. The molecule has 0 bridgehead atoms. The van der Waals surface area contributed by atoms with Gasteiger partial charge in [-0.3, -0.25) is 0 Å². The maximum absolute atomic E-state index is 12.6. The fraction of sp³-hybridized carbons (Fsp3) is 0.524. The number of rotatable bonds is 6. The monoisotopic (exact) mass is 313 g/mol. The second kappa shape index (κ2) is 7.72. The van der Waals surface area contributed by atoms with Crippen molar-refractivity contribution in [3.63, 3.8) is 0 Å². The van der Waals surface area contributed by atoms with E-state index >= 15 is 0 Å². The van der Waals surface area contributed by atoms with Crippen molar-refractivity contribution in [2.45, 2.75) is 65.2 Å². The van der Waals surface area contributed by atoms with Crippen LogP contribution >= 0.6 is 0 Å². The number of aromatic hydroxyl groups is 1. The molecule has 0 aliphatic heterocycles. The molecule has 0 unspecified atom stereocenters. The zero-order valence-electron chi connectivity index (χ0n) is 14.7. The van der Waals surface area contributed by atoms with Crippen LogP contribution in [0.2, 0.25) is 0 Å². The van der Waals surface area contributed by atoms with E-state index in [-0.39, 0.29) is 23.3 Å². The molecule has 0 spiro atoms. The van der Waals surface area contributed by atoms with Crippen LogP contribution in [0.3, 0.4) is 0 Å². The van der Waals surface area contributed by atoms with Gasteiger partial charge in [0, 0.05) is 5.92 Å². The fourth-order valence-electron chi connectivity index (χ4n) is 3.63. The Balaban J connectivity index is 2.34. The van der Waals surface area contributed by atoms with Gasteiger partial charge in [-0.25, -0.2) is 0 Å². The van der Waals surface area contributed by atoms with Crippen molar-refractivity contribution >= 4 is 0 Å². The lowest BCUT2D eigenvalue weighted by Crippen LogP contribution is -2.18. The third-order valence-corrected chi connectivity index (χ3v) is 4.96. The van der Waals surface area contributed by atoms with Crippen molar-refractivity contribution in [1.29, 1.82) is 0 Å². The van der Waals surface area contributed by atoms with Gasteiger partial charge in [0.25, 0.3) is 0 Å². The first-order valence-corrected chi connectivity index (χ1v) is 8.79. The van der Waals surface area contributed by atoms with E-state index in [1.165, 1.54) is 5.57 Å². The standard InChI is InChI=1S/C21H30O2/c1-5-6-7-8-16-12-19(22)21(20(23)13-16)18-11-15(4)9-10-17(18)14(2)3/h11-13,17-18,22-23H,2,5-10H2,1,3-4H3/p-1/t17-,18+/m0/s1. The molecule has 2 atom stereocenters. The third-order valence-electron chi connectivity index (χ3n) is 4.96. The molecule has 126 valence electrons. The van der Waals surface area contributed by atoms with Gasteiger partial charge < -0.3 is 10.2 Å². The van der Waals surface area contributed by atoms with Crippen molar-refractivity contribution < 1.29 is 10.2 Å². The summed E-state index contributed by atoms with van der Waals surface area (Å²) in [6, 6.07) is 3.51. The Morgan fingerprint density at radius 3 is 2.70 bits per heavy atom. The largest absolute Gasteiger partial charge is 0.872 e. The lowest BCUT2D eigenvalue weighted by molar-refractivity contribution is -0.269. The highest BCUT2D eigenvalue weighted by Gasteiger charge is 2.28. The molecule has 0 fully saturated rings. The number of aryl methyl sites for hydroxylation is 1. The average Bonchev–Trinajstić information content (AvgIpc) is 2.46. The van der Waals surface area contributed by atoms with Gasteiger partial charge in [0.05, 0.1) is 0 Å². The SMILES string of the molecule is C=C(C)[C@@H]1CCC(C)=C[C@H]1c1c([O-])cc(CCCCC)cc1O. The summed E-state index contributed by atoms with van der Waals surface area (Å²) >= 11 is 0. The number of benzene rings is 1. The van der Waals surface area contributed by atoms with Gasteiger partial charge in [-0.1, -0.05) is 49.6 Å². The lowest BCUT2D eigenvalue weighted by Gasteiger charge is -2.33. The van der Waals surface area contributed by atoms with Gasteiger partial charge in [0.2, 0.25) is 0 Å². The summed E-state index contributed by atoms with van der Waals surface area (Å²) in [5.41, 5.74) is 3.88. The van der Waals surface area contributed by atoms with E-state index in [0.717, 1.165) is 49.7 Å². The highest BCUT2D eigenvalue weighted by Crippen LogP contribution is 2.45. The van der Waals surface area contributed by atoms with E-state index in [0.29, 0.717) is 5.56 Å². The van der Waals surface area contributed by atoms with Crippen LogP contribution in [-0.2, 0) is 6.42 Å². The molecule has 23 heavy (non-hydrogen) atoms. The Kier molecular flexibility index (Phi) is 5.92. The van der Waals surface area contributed by atoms with Crippen LogP contribution in [0.1, 0.15) is 69.9 Å². The smallest absolute Gasteiger partial charge is 0.119 e. The second-order valence-corrected chi connectivity index (χ2v) is 7.01. The van der Waals surface area contributed by atoms with Gasteiger partial charge in [0.15, 0.2) is 0 Å². The molecule has 2 nitrogen and oxygen atoms in total. The summed E-state index contributed by atoms with van der Waals surface area (Å²) < 4.78 is 0.